The van der Waals surface area contributed by atoms with Crippen LogP contribution in [-0.4, -0.2) is 291 Å². The monoisotopic (exact) mass is 2330 g/mol. The van der Waals surface area contributed by atoms with E-state index in [2.05, 4.69) is 85.8 Å². The molecule has 43 heteroatoms. The van der Waals surface area contributed by atoms with Gasteiger partial charge >= 0.3 is 0 Å². The van der Waals surface area contributed by atoms with Gasteiger partial charge in [-0.25, -0.2) is 47.8 Å². The number of ether oxygens (including phenoxy) is 3. The number of rotatable bonds is 27. The largest absolute Gasteiger partial charge is 0.457 e. The fourth-order valence-corrected chi connectivity index (χ4v) is 19.1. The molecule has 4 aromatic heterocycles. The molecule has 6 aliphatic heterocycles. The number of nitrogens with zero attached hydrogens (tertiary/aromatic N) is 18. The number of carbonyl (C=O) groups excluding carboxylic acids is 12. The van der Waals surface area contributed by atoms with E-state index in [-0.39, 0.29) is 262 Å². The zero-order chi connectivity index (χ0) is 104. The molecule has 10 aromatic rings. The quantitative estimate of drug-likeness (QED) is 0.0161. The van der Waals surface area contributed by atoms with Crippen LogP contribution in [0.3, 0.4) is 0 Å². The summed E-state index contributed by atoms with van der Waals surface area (Å²) in [5.74, 6) is -0.725. The van der Waals surface area contributed by atoms with Gasteiger partial charge in [0.25, 0.3) is 11.8 Å². The van der Waals surface area contributed by atoms with Crippen LogP contribution in [0.5, 0.6) is 23.0 Å². The van der Waals surface area contributed by atoms with E-state index in [0.717, 1.165) is 89.4 Å². The summed E-state index contributed by atoms with van der Waals surface area (Å²) in [6.45, 7) is 46.9. The van der Waals surface area contributed by atoms with Gasteiger partial charge in [0.2, 0.25) is 11.4 Å². The van der Waals surface area contributed by atoms with Crippen LogP contribution in [0, 0.1) is 50.8 Å². The Bertz CT molecular complexity index is 6470. The number of nitrogen functional groups attached to an aromatic ring is 2. The molecule has 4 radical (unpaired) electrons. The first-order chi connectivity index (χ1) is 69.9. The maximum atomic E-state index is 15.7. The maximum absolute atomic E-state index is 15.7. The van der Waals surface area contributed by atoms with Crippen molar-refractivity contribution in [3.63, 3.8) is 0 Å². The Morgan fingerprint density at radius 3 is 1.28 bits per heavy atom. The zero-order valence-electron chi connectivity index (χ0n) is 83.8. The number of halogens is 2. The van der Waals surface area contributed by atoms with Crippen molar-refractivity contribution in [3.05, 3.63) is 252 Å². The van der Waals surface area contributed by atoms with Crippen LogP contribution in [0.1, 0.15) is 124 Å². The van der Waals surface area contributed by atoms with E-state index in [9.17, 15) is 47.9 Å². The standard InChI is InChI=1S/C39H46FN10O4.C37H42FN10O3.2C14H12NO3.2CH2O.4Y/c1-27(51)43-14-21-53-22-20-47-16-18-48(19-17-47)39(2,3)24-33(42-4)38(52)49-15-8-9-28(49)25-50-37-34(36(41)44-26-45-37)35(46-50)31-13-12-30(23-32(31)40)54-29-10-6-5-7-11-29;1-25(49)41-14-16-45-17-19-46(20-18-45)37(2,3)22-31(40-4)36(50)47-15-8-9-26(47)23-48-35-32(34(39)42-24-43-35)33(44-48)29-13-12-28(21-30(29)38)51-27-10-6-5-7-11-27;2*16-10-5-6-12(13(17)7-10)15-8-9-3-1-2-4-11(9)14(15)18;2*1-2;;;;/h5-7,10-13,23-24,26,28H,1,8-9,14-22,25H2,2-3H3,(H,43,51)(H2,41,44,45);5-7,10-13,21-22,24,26H,1,8-9,14-20,23H2,2-3H3,(H,41,49)(H2,39,42,43);2*1-2,4,12H,5-8H2;2*1H2;;;;/q4*-1;;;;;;/b33-24-;31-22-;;;;;;;;/t28-;26-;;;;;;;;/m00......../s1. The predicted octanol–water partition coefficient (Wildman–Crippen LogP) is 10.2. The van der Waals surface area contributed by atoms with Crippen LogP contribution in [0.25, 0.3) is 54.3 Å². The molecule has 6 amide bonds. The number of carbonyl (C=O) groups is 12. The molecule has 2 saturated carbocycles. The normalized spacial score (nSPS) is 17.9. The third-order valence-electron chi connectivity index (χ3n) is 26.6. The number of hydrogen-bond donors (Lipinski definition) is 4. The van der Waals surface area contributed by atoms with Crippen LogP contribution in [0.2, 0.25) is 0 Å². The molecular formula is C106H116F2N22O15Y4-4. The molecule has 4 saturated heterocycles. The number of nitrogens with two attached hydrogens (primary N) is 2. The Morgan fingerprint density at radius 1 is 0.503 bits per heavy atom. The van der Waals surface area contributed by atoms with Gasteiger partial charge in [0.15, 0.2) is 34.7 Å². The molecule has 10 heterocycles. The number of piperazine rings is 2. The van der Waals surface area contributed by atoms with Crippen molar-refractivity contribution in [1.29, 1.82) is 0 Å². The van der Waals surface area contributed by atoms with Gasteiger partial charge in [0, 0.05) is 283 Å². The number of hydrogen-bond acceptors (Lipinski definition) is 27. The van der Waals surface area contributed by atoms with Crippen LogP contribution in [0.4, 0.5) is 20.4 Å². The first-order valence-corrected chi connectivity index (χ1v) is 47.7. The number of fused-ring (bicyclic) bond motifs is 4. The molecule has 0 bridgehead atoms. The third-order valence-corrected chi connectivity index (χ3v) is 26.6. The molecule has 8 aliphatic rings. The number of Topliss-reactive ketones (excluding diaryl/α,β-unsaturated/α-hetero) is 4. The number of amides is 6. The number of para-hydroxylation sites is 2. The molecule has 6 aromatic carbocycles. The van der Waals surface area contributed by atoms with E-state index in [1.807, 2.05) is 77.7 Å². The molecule has 149 heavy (non-hydrogen) atoms. The summed E-state index contributed by atoms with van der Waals surface area (Å²) in [4.78, 5) is 177. The number of benzene rings is 6. The minimum Gasteiger partial charge on any atom is -0.457 e. The summed E-state index contributed by atoms with van der Waals surface area (Å²) in [5.41, 5.74) is 16.5. The van der Waals surface area contributed by atoms with Gasteiger partial charge in [-0.05, 0) is 115 Å². The first kappa shape index (κ1) is 121. The van der Waals surface area contributed by atoms with E-state index in [1.54, 1.807) is 126 Å². The summed E-state index contributed by atoms with van der Waals surface area (Å²) >= 11 is 0. The van der Waals surface area contributed by atoms with Gasteiger partial charge in [0.05, 0.1) is 99.0 Å². The molecule has 18 rings (SSSR count). The minimum absolute atomic E-state index is 0. The van der Waals surface area contributed by atoms with Gasteiger partial charge in [-0.2, -0.15) is 58.7 Å². The second-order valence-electron chi connectivity index (χ2n) is 36.7. The Kier molecular flexibility index (Phi) is 46.6. The maximum Gasteiger partial charge on any atom is 0.252 e. The minimum atomic E-state index is -0.547. The van der Waals surface area contributed by atoms with Crippen molar-refractivity contribution >= 4 is 106 Å². The predicted molar refractivity (Wildman–Crippen MR) is 534 cm³/mol. The van der Waals surface area contributed by atoms with Crippen molar-refractivity contribution in [1.82, 2.24) is 89.3 Å². The molecule has 6 N–H and O–H groups in total. The Balaban J connectivity index is 0.000000237. The van der Waals surface area contributed by atoms with Crippen molar-refractivity contribution in [2.75, 3.05) is 116 Å². The van der Waals surface area contributed by atoms with Crippen molar-refractivity contribution in [2.24, 2.45) is 0 Å². The van der Waals surface area contributed by atoms with E-state index in [0.29, 0.717) is 159 Å². The topological polar surface area (TPSA) is 430 Å². The average Bonchev–Trinajstić information content (AvgIpc) is 1.61. The number of anilines is 2. The van der Waals surface area contributed by atoms with Crippen molar-refractivity contribution in [2.45, 2.75) is 153 Å². The SMILES string of the molecule is C=O.C=O.O=C1CCC(N2Cc3[c-]cccc3C2=O)C(=O)C1.O=C1CCC(N2Cc3[c-]cccc3C2=O)C(=O)C1.[C-]#[N+]/C(=C\C(C)(C)N1CCN(CCNC([CH2-])=O)CC1)C(=O)N1CCC[C@H]1Cn1nc(-c2ccc(Oc3ccccc3)cc2F)c2c(N)ncnc21.[C-]#[N+]/C(=C\C(C)(C)N1CCN(CCOCCNC([CH2-])=O)CC1)C(=O)N1CCC[C@H]1Cn1nc(-c2ccc(Oc3ccccc3)cc2F)c2c(N)ncnc21.[Y].[Y].[Y].[Y]. The van der Waals surface area contributed by atoms with Gasteiger partial charge in [-0.3, -0.25) is 58.0 Å². The molecule has 4 atom stereocenters. The summed E-state index contributed by atoms with van der Waals surface area (Å²) in [6, 6.07) is 42.6. The third kappa shape index (κ3) is 30.8. The Labute approximate surface area is 964 Å². The number of aromatic nitrogens is 8. The summed E-state index contributed by atoms with van der Waals surface area (Å²) < 4.78 is 51.9. The van der Waals surface area contributed by atoms with E-state index in [4.69, 9.17) is 58.6 Å². The fourth-order valence-electron chi connectivity index (χ4n) is 19.1. The van der Waals surface area contributed by atoms with E-state index in [1.165, 1.54) is 24.8 Å². The first-order valence-electron chi connectivity index (χ1n) is 47.7. The second kappa shape index (κ2) is 57.3. The van der Waals surface area contributed by atoms with Crippen molar-refractivity contribution in [3.8, 4) is 45.5 Å². The molecule has 37 nitrogen and oxygen atoms in total. The fraction of sp³-hybridized carbons (Fsp3) is 0.377. The number of ketones is 4. The molecule has 0 spiro atoms. The van der Waals surface area contributed by atoms with Gasteiger partial charge < -0.3 is 88.9 Å². The summed E-state index contributed by atoms with van der Waals surface area (Å²) in [6.07, 6.45) is 10.8. The van der Waals surface area contributed by atoms with Gasteiger partial charge in [-0.1, -0.05) is 59.7 Å². The van der Waals surface area contributed by atoms with Crippen LogP contribution >= 0.6 is 0 Å². The van der Waals surface area contributed by atoms with E-state index < -0.39 is 34.8 Å². The zero-order valence-corrected chi connectivity index (χ0v) is 95.1. The molecule has 6 fully saturated rings. The van der Waals surface area contributed by atoms with Gasteiger partial charge in [0.1, 0.15) is 95.5 Å². The van der Waals surface area contributed by atoms with Gasteiger partial charge in [-0.15, -0.1) is 11.1 Å². The molecule has 2 unspecified atom stereocenters. The van der Waals surface area contributed by atoms with E-state index >= 15 is 8.78 Å². The molecular weight excluding hydrogens is 2210 g/mol. The smallest absolute Gasteiger partial charge is 0.252 e. The Morgan fingerprint density at radius 2 is 0.899 bits per heavy atom. The van der Waals surface area contributed by atoms with Crippen LogP contribution < -0.4 is 31.6 Å². The number of likely N-dealkylation sites (tertiary alicyclic amines) is 2. The Hall–Kier alpha value is -11.3. The second-order valence-corrected chi connectivity index (χ2v) is 36.7. The number of nitrogens with one attached hydrogen (secondary N) is 2. The summed E-state index contributed by atoms with van der Waals surface area (Å²) in [5, 5.41) is 15.7. The summed E-state index contributed by atoms with van der Waals surface area (Å²) in [7, 11) is 0. The average molecular weight is 2330 g/mol. The van der Waals surface area contributed by atoms with Crippen LogP contribution in [0.15, 0.2) is 170 Å². The molecule has 2 aliphatic carbocycles. The molecule has 770 valence electrons. The van der Waals surface area contributed by atoms with Crippen molar-refractivity contribution < 1.29 is 211 Å². The van der Waals surface area contributed by atoms with Crippen LogP contribution in [-0.2, 0) is 210 Å².